The van der Waals surface area contributed by atoms with Crippen LogP contribution in [0.4, 0.5) is 5.82 Å². The van der Waals surface area contributed by atoms with E-state index in [0.29, 0.717) is 18.2 Å². The molecule has 0 aliphatic carbocycles. The number of carbonyl (C=O) groups is 1. The van der Waals surface area contributed by atoms with E-state index in [9.17, 15) is 4.79 Å². The lowest BCUT2D eigenvalue weighted by Crippen LogP contribution is -2.53. The Bertz CT molecular complexity index is 956. The van der Waals surface area contributed by atoms with Crippen LogP contribution in [0, 0.1) is 12.8 Å². The first-order valence-electron chi connectivity index (χ1n) is 9.26. The molecular weight excluding hydrogens is 342 g/mol. The second kappa shape index (κ2) is 6.68. The van der Waals surface area contributed by atoms with E-state index >= 15 is 0 Å². The number of likely N-dealkylation sites (N-methyl/N-ethyl adjacent to an activating group) is 1. The van der Waals surface area contributed by atoms with Gasteiger partial charge in [0.15, 0.2) is 5.69 Å². The van der Waals surface area contributed by atoms with Crippen molar-refractivity contribution in [2.45, 2.75) is 26.3 Å². The van der Waals surface area contributed by atoms with E-state index in [0.717, 1.165) is 35.5 Å². The van der Waals surface area contributed by atoms with Gasteiger partial charge in [0.25, 0.3) is 5.91 Å². The third-order valence-electron chi connectivity index (χ3n) is 5.70. The molecule has 1 aliphatic rings. The summed E-state index contributed by atoms with van der Waals surface area (Å²) in [4.78, 5) is 29.0. The first-order chi connectivity index (χ1) is 13.0. The molecule has 3 aromatic rings. The number of carbonyl (C=O) groups excluding carboxylic acids is 1. The van der Waals surface area contributed by atoms with Crippen LogP contribution in [-0.2, 0) is 7.05 Å². The summed E-state index contributed by atoms with van der Waals surface area (Å²) < 4.78 is 1.74. The Morgan fingerprint density at radius 1 is 1.37 bits per heavy atom. The molecule has 4 heterocycles. The predicted molar refractivity (Wildman–Crippen MR) is 104 cm³/mol. The summed E-state index contributed by atoms with van der Waals surface area (Å²) in [7, 11) is 3.91. The SMILES string of the molecule is Cc1cc(C(=O)N2CCC(C)C(N(C)c3ncnc4[nH]ccc34)C2)nn1C. The number of hydrogen-bond donors (Lipinski definition) is 1. The number of likely N-dealkylation sites (tertiary alicyclic amines) is 1. The zero-order valence-electron chi connectivity index (χ0n) is 16.2. The molecule has 1 saturated heterocycles. The summed E-state index contributed by atoms with van der Waals surface area (Å²) in [6.45, 7) is 5.60. The number of aromatic nitrogens is 5. The van der Waals surface area contributed by atoms with E-state index < -0.39 is 0 Å². The molecule has 8 heteroatoms. The number of rotatable bonds is 3. The Kier molecular flexibility index (Phi) is 4.33. The van der Waals surface area contributed by atoms with Crippen LogP contribution in [0.2, 0.25) is 0 Å². The van der Waals surface area contributed by atoms with Crippen molar-refractivity contribution in [3.63, 3.8) is 0 Å². The number of nitrogens with zero attached hydrogens (tertiary/aromatic N) is 6. The minimum absolute atomic E-state index is 0.00141. The molecule has 0 bridgehead atoms. The topological polar surface area (TPSA) is 82.9 Å². The fourth-order valence-electron chi connectivity index (χ4n) is 3.86. The third kappa shape index (κ3) is 3.05. The number of aromatic amines is 1. The minimum Gasteiger partial charge on any atom is -0.354 e. The second-order valence-electron chi connectivity index (χ2n) is 7.43. The highest BCUT2D eigenvalue weighted by atomic mass is 16.2. The van der Waals surface area contributed by atoms with E-state index in [4.69, 9.17) is 0 Å². The molecule has 4 rings (SSSR count). The summed E-state index contributed by atoms with van der Waals surface area (Å²) in [5, 5.41) is 5.35. The van der Waals surface area contributed by atoms with Crippen LogP contribution >= 0.6 is 0 Å². The molecule has 2 unspecified atom stereocenters. The van der Waals surface area contributed by atoms with Crippen LogP contribution in [-0.4, -0.2) is 61.7 Å². The average molecular weight is 367 g/mol. The minimum atomic E-state index is -0.00141. The summed E-state index contributed by atoms with van der Waals surface area (Å²) in [6.07, 6.45) is 4.41. The number of aryl methyl sites for hydroxylation is 2. The molecule has 3 aromatic heterocycles. The van der Waals surface area contributed by atoms with Crippen LogP contribution < -0.4 is 4.90 Å². The fourth-order valence-corrected chi connectivity index (χ4v) is 3.86. The largest absolute Gasteiger partial charge is 0.354 e. The average Bonchev–Trinajstić information content (AvgIpc) is 3.27. The molecule has 27 heavy (non-hydrogen) atoms. The molecule has 8 nitrogen and oxygen atoms in total. The third-order valence-corrected chi connectivity index (χ3v) is 5.70. The van der Waals surface area contributed by atoms with Gasteiger partial charge in [-0.1, -0.05) is 6.92 Å². The second-order valence-corrected chi connectivity index (χ2v) is 7.43. The Balaban J connectivity index is 1.58. The van der Waals surface area contributed by atoms with E-state index in [-0.39, 0.29) is 11.9 Å². The number of anilines is 1. The van der Waals surface area contributed by atoms with E-state index in [1.165, 1.54) is 0 Å². The molecular formula is C19H25N7O. The zero-order chi connectivity index (χ0) is 19.1. The van der Waals surface area contributed by atoms with Crippen molar-refractivity contribution in [3.05, 3.63) is 36.0 Å². The predicted octanol–water partition coefficient (Wildman–Crippen LogP) is 1.99. The quantitative estimate of drug-likeness (QED) is 0.765. The van der Waals surface area contributed by atoms with Crippen molar-refractivity contribution in [2.75, 3.05) is 25.0 Å². The molecule has 1 aliphatic heterocycles. The Morgan fingerprint density at radius 3 is 2.93 bits per heavy atom. The lowest BCUT2D eigenvalue weighted by molar-refractivity contribution is 0.0663. The number of amides is 1. The van der Waals surface area contributed by atoms with Gasteiger partial charge in [-0.15, -0.1) is 0 Å². The molecule has 1 fully saturated rings. The molecule has 0 radical (unpaired) electrons. The smallest absolute Gasteiger partial charge is 0.274 e. The monoisotopic (exact) mass is 367 g/mol. The van der Waals surface area contributed by atoms with Gasteiger partial charge in [0.2, 0.25) is 0 Å². The van der Waals surface area contributed by atoms with Crippen LogP contribution in [0.5, 0.6) is 0 Å². The van der Waals surface area contributed by atoms with Gasteiger partial charge in [0.05, 0.1) is 11.4 Å². The molecule has 0 saturated carbocycles. The normalized spacial score (nSPS) is 20.2. The van der Waals surface area contributed by atoms with Crippen molar-refractivity contribution >= 4 is 22.8 Å². The maximum absolute atomic E-state index is 12.9. The Morgan fingerprint density at radius 2 is 2.19 bits per heavy atom. The van der Waals surface area contributed by atoms with E-state index in [2.05, 4.69) is 38.9 Å². The summed E-state index contributed by atoms with van der Waals surface area (Å²) in [6, 6.07) is 4.03. The van der Waals surface area contributed by atoms with Gasteiger partial charge < -0.3 is 14.8 Å². The molecule has 0 aromatic carbocycles. The van der Waals surface area contributed by atoms with Crippen molar-refractivity contribution < 1.29 is 4.79 Å². The van der Waals surface area contributed by atoms with Crippen LogP contribution in [0.25, 0.3) is 11.0 Å². The highest BCUT2D eigenvalue weighted by Gasteiger charge is 2.33. The molecule has 142 valence electrons. The number of piperidine rings is 1. The number of hydrogen-bond acceptors (Lipinski definition) is 5. The summed E-state index contributed by atoms with van der Waals surface area (Å²) >= 11 is 0. The fraction of sp³-hybridized carbons (Fsp3) is 0.474. The van der Waals surface area contributed by atoms with Crippen molar-refractivity contribution in [2.24, 2.45) is 13.0 Å². The first-order valence-corrected chi connectivity index (χ1v) is 9.26. The number of nitrogens with one attached hydrogen (secondary N) is 1. The summed E-state index contributed by atoms with van der Waals surface area (Å²) in [5.41, 5.74) is 2.32. The first kappa shape index (κ1) is 17.5. The van der Waals surface area contributed by atoms with Crippen molar-refractivity contribution in [3.8, 4) is 0 Å². The summed E-state index contributed by atoms with van der Waals surface area (Å²) in [5.74, 6) is 1.34. The number of fused-ring (bicyclic) bond motifs is 1. The van der Waals surface area contributed by atoms with Gasteiger partial charge in [-0.05, 0) is 31.4 Å². The lowest BCUT2D eigenvalue weighted by atomic mass is 9.92. The molecule has 1 amide bonds. The van der Waals surface area contributed by atoms with Crippen molar-refractivity contribution in [1.29, 1.82) is 0 Å². The Labute approximate surface area is 158 Å². The maximum Gasteiger partial charge on any atom is 0.274 e. The van der Waals surface area contributed by atoms with E-state index in [1.807, 2.05) is 37.2 Å². The standard InChI is InChI=1S/C19H25N7O/c1-12-6-8-26(19(27)15-9-13(2)25(4)23-15)10-16(12)24(3)18-14-5-7-20-17(14)21-11-22-18/h5,7,9,11-12,16H,6,8,10H2,1-4H3,(H,20,21,22). The van der Waals surface area contributed by atoms with Gasteiger partial charge in [0.1, 0.15) is 17.8 Å². The van der Waals surface area contributed by atoms with E-state index in [1.54, 1.807) is 11.0 Å². The molecule has 1 N–H and O–H groups in total. The molecule has 2 atom stereocenters. The van der Waals surface area contributed by atoms with Gasteiger partial charge in [-0.25, -0.2) is 9.97 Å². The lowest BCUT2D eigenvalue weighted by Gasteiger charge is -2.42. The van der Waals surface area contributed by atoms with Gasteiger partial charge in [-0.2, -0.15) is 5.10 Å². The van der Waals surface area contributed by atoms with Gasteiger partial charge >= 0.3 is 0 Å². The van der Waals surface area contributed by atoms with Gasteiger partial charge in [0, 0.05) is 39.1 Å². The molecule has 0 spiro atoms. The Hall–Kier alpha value is -2.90. The van der Waals surface area contributed by atoms with Crippen LogP contribution in [0.15, 0.2) is 24.7 Å². The van der Waals surface area contributed by atoms with Gasteiger partial charge in [-0.3, -0.25) is 9.48 Å². The maximum atomic E-state index is 12.9. The van der Waals surface area contributed by atoms with Crippen LogP contribution in [0.1, 0.15) is 29.5 Å². The highest BCUT2D eigenvalue weighted by Crippen LogP contribution is 2.29. The highest BCUT2D eigenvalue weighted by molar-refractivity contribution is 5.92. The zero-order valence-corrected chi connectivity index (χ0v) is 16.2. The number of H-pyrrole nitrogens is 1. The van der Waals surface area contributed by atoms with Crippen molar-refractivity contribution in [1.82, 2.24) is 29.6 Å². The van der Waals surface area contributed by atoms with Crippen LogP contribution in [0.3, 0.4) is 0 Å².